The quantitative estimate of drug-likeness (QED) is 0.166. The van der Waals surface area contributed by atoms with Gasteiger partial charge in [-0.3, -0.25) is 0 Å². The molecule has 0 saturated heterocycles. The Bertz CT molecular complexity index is 1770. The van der Waals surface area contributed by atoms with Crippen molar-refractivity contribution in [1.29, 1.82) is 0 Å². The van der Waals surface area contributed by atoms with Crippen molar-refractivity contribution in [3.05, 3.63) is 159 Å². The number of benzene rings is 5. The summed E-state index contributed by atoms with van der Waals surface area (Å²) in [6.45, 7) is 11.7. The summed E-state index contributed by atoms with van der Waals surface area (Å²) in [6, 6.07) is 43.7. The first-order valence-electron chi connectivity index (χ1n) is 16.2. The zero-order valence-electron chi connectivity index (χ0n) is 26.7. The van der Waals surface area contributed by atoms with E-state index in [1.165, 1.54) is 60.8 Å². The predicted molar refractivity (Wildman–Crippen MR) is 193 cm³/mol. The van der Waals surface area contributed by atoms with E-state index in [1.54, 1.807) is 10.4 Å². The van der Waals surface area contributed by atoms with Gasteiger partial charge in [0.25, 0.3) is 0 Å². The van der Waals surface area contributed by atoms with E-state index in [1.807, 2.05) is 0 Å². The normalized spacial score (nSPS) is 14.1. The Hall–Kier alpha value is -4.20. The van der Waals surface area contributed by atoms with Crippen LogP contribution in [0.25, 0.3) is 34.4 Å². The second-order valence-electron chi connectivity index (χ2n) is 13.5. The van der Waals surface area contributed by atoms with Crippen LogP contribution >= 0.6 is 0 Å². The molecule has 0 saturated carbocycles. The monoisotopic (exact) mass is 586 g/mol. The molecule has 5 aromatic rings. The molecule has 5 aromatic carbocycles. The third kappa shape index (κ3) is 4.94. The zero-order chi connectivity index (χ0) is 30.4. The van der Waals surface area contributed by atoms with Gasteiger partial charge in [0.1, 0.15) is 8.07 Å². The van der Waals surface area contributed by atoms with Gasteiger partial charge >= 0.3 is 0 Å². The minimum atomic E-state index is -2.23. The second kappa shape index (κ2) is 11.4. The van der Waals surface area contributed by atoms with E-state index in [0.717, 1.165) is 12.8 Å². The van der Waals surface area contributed by atoms with Gasteiger partial charge in [-0.15, -0.1) is 0 Å². The summed E-state index contributed by atoms with van der Waals surface area (Å²) in [5, 5.41) is 4.74. The number of fused-ring (bicyclic) bond motifs is 2. The van der Waals surface area contributed by atoms with Crippen LogP contribution in [-0.2, 0) is 12.8 Å². The molecule has 0 aromatic heterocycles. The van der Waals surface area contributed by atoms with Crippen molar-refractivity contribution < 1.29 is 0 Å². The highest BCUT2D eigenvalue weighted by molar-refractivity contribution is 7.03. The first kappa shape index (κ1) is 28.6. The molecule has 0 aliphatic heterocycles. The molecule has 2 aliphatic carbocycles. The zero-order valence-corrected chi connectivity index (χ0v) is 27.7. The molecule has 0 amide bonds. The lowest BCUT2D eigenvalue weighted by Gasteiger charge is -2.32. The van der Waals surface area contributed by atoms with E-state index in [9.17, 15) is 0 Å². The lowest BCUT2D eigenvalue weighted by Crippen LogP contribution is -2.49. The topological polar surface area (TPSA) is 0 Å². The maximum absolute atomic E-state index is 2.60. The molecule has 2 aliphatic rings. The van der Waals surface area contributed by atoms with Gasteiger partial charge in [-0.25, -0.2) is 0 Å². The molecule has 0 N–H and O–H groups in total. The summed E-state index contributed by atoms with van der Waals surface area (Å²) in [6.07, 6.45) is 7.22. The number of rotatable bonds is 7. The fourth-order valence-corrected chi connectivity index (χ4v) is 11.3. The highest BCUT2D eigenvalue weighted by Gasteiger charge is 2.41. The van der Waals surface area contributed by atoms with Crippen molar-refractivity contribution in [3.8, 4) is 22.3 Å². The molecule has 0 atom stereocenters. The average molecular weight is 587 g/mol. The van der Waals surface area contributed by atoms with Crippen LogP contribution in [0.3, 0.4) is 0 Å². The fraction of sp³-hybridized carbons (Fsp3) is 0.209. The van der Waals surface area contributed by atoms with Gasteiger partial charge in [-0.2, -0.15) is 0 Å². The van der Waals surface area contributed by atoms with E-state index in [4.69, 9.17) is 0 Å². The van der Waals surface area contributed by atoms with Crippen LogP contribution in [-0.4, -0.2) is 8.07 Å². The van der Waals surface area contributed by atoms with Gasteiger partial charge < -0.3 is 0 Å². The van der Waals surface area contributed by atoms with Crippen molar-refractivity contribution in [2.75, 3.05) is 0 Å². The van der Waals surface area contributed by atoms with Crippen LogP contribution in [0.4, 0.5) is 0 Å². The molecule has 218 valence electrons. The highest BCUT2D eigenvalue weighted by atomic mass is 28.3. The molecule has 0 spiro atoms. The lowest BCUT2D eigenvalue weighted by atomic mass is 9.94. The molecule has 0 heterocycles. The molecule has 0 bridgehead atoms. The minimum Gasteiger partial charge on any atom is -0.0668 e. The summed E-state index contributed by atoms with van der Waals surface area (Å²) in [4.78, 5) is 0. The SMILES string of the molecule is CC(C)c1ccc(-c2cccc3c2C=C([Si](C)(C2=Cc4c(cccc4-c4ccc(C(C)C)cc4)C2)c2ccccc2)C3)cc1. The molecule has 0 radical (unpaired) electrons. The first-order valence-corrected chi connectivity index (χ1v) is 18.7. The summed E-state index contributed by atoms with van der Waals surface area (Å²) in [5.74, 6) is 1.08. The van der Waals surface area contributed by atoms with Gasteiger partial charge in [0, 0.05) is 0 Å². The van der Waals surface area contributed by atoms with Crippen LogP contribution in [0.2, 0.25) is 6.55 Å². The maximum atomic E-state index is 2.60. The predicted octanol–water partition coefficient (Wildman–Crippen LogP) is 10.9. The van der Waals surface area contributed by atoms with Crippen molar-refractivity contribution in [2.45, 2.75) is 58.9 Å². The molecule has 0 fully saturated rings. The smallest absolute Gasteiger partial charge is 0.0668 e. The molecule has 44 heavy (non-hydrogen) atoms. The summed E-state index contributed by atoms with van der Waals surface area (Å²) >= 11 is 0. The Labute approximate surface area is 264 Å². The summed E-state index contributed by atoms with van der Waals surface area (Å²) in [7, 11) is -2.23. The van der Waals surface area contributed by atoms with E-state index in [0.29, 0.717) is 11.8 Å². The van der Waals surface area contributed by atoms with Crippen LogP contribution in [0, 0.1) is 0 Å². The summed E-state index contributed by atoms with van der Waals surface area (Å²) < 4.78 is 0. The van der Waals surface area contributed by atoms with Gasteiger partial charge in [0.2, 0.25) is 0 Å². The molecule has 0 unspecified atom stereocenters. The Morgan fingerprint density at radius 2 is 0.909 bits per heavy atom. The Morgan fingerprint density at radius 3 is 1.32 bits per heavy atom. The van der Waals surface area contributed by atoms with Crippen molar-refractivity contribution >= 4 is 25.4 Å². The van der Waals surface area contributed by atoms with E-state index in [2.05, 4.69) is 162 Å². The van der Waals surface area contributed by atoms with Crippen molar-refractivity contribution in [2.24, 2.45) is 0 Å². The third-order valence-corrected chi connectivity index (χ3v) is 14.9. The van der Waals surface area contributed by atoms with Gasteiger partial charge in [0.15, 0.2) is 0 Å². The molecule has 0 nitrogen and oxygen atoms in total. The van der Waals surface area contributed by atoms with Crippen LogP contribution in [0.5, 0.6) is 0 Å². The van der Waals surface area contributed by atoms with Gasteiger partial charge in [-0.05, 0) is 80.3 Å². The first-order chi connectivity index (χ1) is 21.3. The average Bonchev–Trinajstić information content (AvgIpc) is 3.70. The Balaban J connectivity index is 1.32. The van der Waals surface area contributed by atoms with Crippen molar-refractivity contribution in [3.63, 3.8) is 0 Å². The van der Waals surface area contributed by atoms with Gasteiger partial charge in [-0.1, -0.05) is 177 Å². The number of hydrogen-bond acceptors (Lipinski definition) is 0. The fourth-order valence-electron chi connectivity index (χ4n) is 7.33. The molecule has 1 heteroatoms. The molecular formula is C43H42Si. The molecule has 7 rings (SSSR count). The van der Waals surface area contributed by atoms with Crippen LogP contribution in [0.15, 0.2) is 126 Å². The maximum Gasteiger partial charge on any atom is 0.137 e. The Morgan fingerprint density at radius 1 is 0.477 bits per heavy atom. The lowest BCUT2D eigenvalue weighted by molar-refractivity contribution is 0.867. The number of hydrogen-bond donors (Lipinski definition) is 0. The highest BCUT2D eigenvalue weighted by Crippen LogP contribution is 2.43. The van der Waals surface area contributed by atoms with E-state index < -0.39 is 8.07 Å². The minimum absolute atomic E-state index is 0.540. The summed E-state index contributed by atoms with van der Waals surface area (Å²) in [5.41, 5.74) is 13.9. The standard InChI is InChI=1S/C43H42Si/c1-29(2)31-17-21-33(22-18-31)40-15-9-11-35-25-38(27-42(35)40)44(5,37-13-7-6-8-14-37)39-26-36-12-10-16-41(43(36)28-39)34-23-19-32(20-24-34)30(3)4/h6-24,27-30H,25-26H2,1-5H3. The molecular weight excluding hydrogens is 545 g/mol. The third-order valence-electron chi connectivity index (χ3n) is 10.2. The largest absolute Gasteiger partial charge is 0.137 e. The van der Waals surface area contributed by atoms with Crippen LogP contribution < -0.4 is 5.19 Å². The van der Waals surface area contributed by atoms with Crippen LogP contribution in [0.1, 0.15) is 72.9 Å². The van der Waals surface area contributed by atoms with Gasteiger partial charge in [0.05, 0.1) is 0 Å². The second-order valence-corrected chi connectivity index (χ2v) is 17.6. The van der Waals surface area contributed by atoms with Crippen molar-refractivity contribution in [1.82, 2.24) is 0 Å². The van der Waals surface area contributed by atoms with E-state index in [-0.39, 0.29) is 0 Å². The number of allylic oxidation sites excluding steroid dienone is 2. The Kier molecular flexibility index (Phi) is 7.39. The van der Waals surface area contributed by atoms with E-state index >= 15 is 0 Å².